The highest BCUT2D eigenvalue weighted by atomic mass is 16.2. The average molecular weight is 234 g/mol. The van der Waals surface area contributed by atoms with Crippen molar-refractivity contribution < 1.29 is 4.79 Å². The third kappa shape index (κ3) is 2.07. The fourth-order valence-electron chi connectivity index (χ4n) is 2.82. The number of nitrogens with zero attached hydrogens (tertiary/aromatic N) is 2. The van der Waals surface area contributed by atoms with E-state index in [-0.39, 0.29) is 5.91 Å². The van der Waals surface area contributed by atoms with E-state index >= 15 is 0 Å². The van der Waals surface area contributed by atoms with E-state index in [1.54, 1.807) is 0 Å². The molecule has 3 rings (SSSR count). The van der Waals surface area contributed by atoms with Crippen molar-refractivity contribution in [1.29, 1.82) is 0 Å². The summed E-state index contributed by atoms with van der Waals surface area (Å²) in [5.41, 5.74) is 1.48. The van der Waals surface area contributed by atoms with Gasteiger partial charge in [0.05, 0.1) is 0 Å². The van der Waals surface area contributed by atoms with E-state index in [4.69, 9.17) is 0 Å². The third-order valence-corrected chi connectivity index (χ3v) is 3.74. The molecule has 2 fully saturated rings. The highest BCUT2D eigenvalue weighted by Crippen LogP contribution is 2.21. The second-order valence-corrected chi connectivity index (χ2v) is 5.11. The van der Waals surface area contributed by atoms with Gasteiger partial charge < -0.3 is 10.2 Å². The largest absolute Gasteiger partial charge is 0.336 e. The summed E-state index contributed by atoms with van der Waals surface area (Å²) in [7, 11) is 0. The monoisotopic (exact) mass is 234 g/mol. The molecular formula is C12H18N4O. The fraction of sp³-hybridized carbons (Fsp3) is 0.667. The number of hydrogen-bond donors (Lipinski definition) is 2. The van der Waals surface area contributed by atoms with Gasteiger partial charge in [-0.05, 0) is 32.3 Å². The molecule has 0 aliphatic carbocycles. The number of carbonyl (C=O) groups is 1. The fourth-order valence-corrected chi connectivity index (χ4v) is 2.82. The lowest BCUT2D eigenvalue weighted by Crippen LogP contribution is -2.39. The van der Waals surface area contributed by atoms with E-state index in [9.17, 15) is 4.79 Å². The molecule has 1 amide bonds. The molecule has 2 N–H and O–H groups in total. The maximum Gasteiger partial charge on any atom is 0.274 e. The molecule has 2 aliphatic rings. The first-order valence-corrected chi connectivity index (χ1v) is 6.30. The molecule has 0 aromatic carbocycles. The Hall–Kier alpha value is -1.36. The lowest BCUT2D eigenvalue weighted by Gasteiger charge is -2.23. The highest BCUT2D eigenvalue weighted by molar-refractivity contribution is 5.92. The Kier molecular flexibility index (Phi) is 2.63. The van der Waals surface area contributed by atoms with Gasteiger partial charge in [-0.3, -0.25) is 9.89 Å². The number of aromatic nitrogens is 2. The van der Waals surface area contributed by atoms with Crippen LogP contribution in [0.4, 0.5) is 0 Å². The zero-order valence-corrected chi connectivity index (χ0v) is 10.1. The van der Waals surface area contributed by atoms with Gasteiger partial charge in [-0.15, -0.1) is 0 Å². The lowest BCUT2D eigenvalue weighted by atomic mass is 10.1. The predicted molar refractivity (Wildman–Crippen MR) is 63.8 cm³/mol. The van der Waals surface area contributed by atoms with Crippen LogP contribution in [0.5, 0.6) is 0 Å². The summed E-state index contributed by atoms with van der Waals surface area (Å²) in [5.74, 6) is 0.0590. The maximum atomic E-state index is 12.3. The molecule has 0 spiro atoms. The number of H-pyrrole nitrogens is 1. The van der Waals surface area contributed by atoms with Crippen LogP contribution in [0, 0.1) is 6.92 Å². The van der Waals surface area contributed by atoms with Crippen LogP contribution in [0.1, 0.15) is 35.4 Å². The number of fused-ring (bicyclic) bond motifs is 2. The molecule has 0 saturated carbocycles. The van der Waals surface area contributed by atoms with Crippen molar-refractivity contribution in [3.05, 3.63) is 17.5 Å². The minimum Gasteiger partial charge on any atom is -0.336 e. The zero-order chi connectivity index (χ0) is 11.8. The Bertz CT molecular complexity index is 428. The maximum absolute atomic E-state index is 12.3. The summed E-state index contributed by atoms with van der Waals surface area (Å²) in [5, 5.41) is 10.4. The minimum absolute atomic E-state index is 0.0590. The van der Waals surface area contributed by atoms with Crippen LogP contribution in [0.3, 0.4) is 0 Å². The number of carbonyl (C=O) groups excluding carboxylic acids is 1. The van der Waals surface area contributed by atoms with Crippen LogP contribution in [-0.2, 0) is 0 Å². The number of nitrogens with one attached hydrogen (secondary N) is 2. The first-order valence-electron chi connectivity index (χ1n) is 6.30. The van der Waals surface area contributed by atoms with Gasteiger partial charge in [-0.2, -0.15) is 5.10 Å². The first kappa shape index (κ1) is 10.8. The quantitative estimate of drug-likeness (QED) is 0.751. The van der Waals surface area contributed by atoms with Gasteiger partial charge in [0, 0.05) is 30.9 Å². The Balaban J connectivity index is 1.73. The Morgan fingerprint density at radius 1 is 1.41 bits per heavy atom. The normalized spacial score (nSPS) is 28.2. The molecule has 1 aromatic rings. The molecule has 5 heteroatoms. The van der Waals surface area contributed by atoms with Crippen molar-refractivity contribution in [1.82, 2.24) is 20.4 Å². The van der Waals surface area contributed by atoms with Gasteiger partial charge in [-0.25, -0.2) is 0 Å². The number of likely N-dealkylation sites (tertiary alicyclic amines) is 1. The van der Waals surface area contributed by atoms with E-state index in [0.717, 1.165) is 25.2 Å². The molecule has 1 aromatic heterocycles. The molecule has 3 heterocycles. The highest BCUT2D eigenvalue weighted by Gasteiger charge is 2.31. The van der Waals surface area contributed by atoms with Crippen LogP contribution >= 0.6 is 0 Å². The van der Waals surface area contributed by atoms with Crippen molar-refractivity contribution >= 4 is 5.91 Å². The summed E-state index contributed by atoms with van der Waals surface area (Å²) in [4.78, 5) is 14.2. The molecule has 2 aliphatic heterocycles. The smallest absolute Gasteiger partial charge is 0.274 e. The topological polar surface area (TPSA) is 61.0 Å². The standard InChI is InChI=1S/C12H18N4O/c1-8-6-11(15-14-8)12(17)16-5-4-9-2-3-10(7-16)13-9/h6,9-10,13H,2-5,7H2,1H3,(H,14,15). The van der Waals surface area contributed by atoms with Crippen molar-refractivity contribution in [2.45, 2.75) is 38.3 Å². The van der Waals surface area contributed by atoms with Crippen LogP contribution in [0.2, 0.25) is 0 Å². The van der Waals surface area contributed by atoms with E-state index in [2.05, 4.69) is 15.5 Å². The summed E-state index contributed by atoms with van der Waals surface area (Å²) < 4.78 is 0. The van der Waals surface area contributed by atoms with Crippen molar-refractivity contribution in [2.24, 2.45) is 0 Å². The Labute approximate surface area is 101 Å². The van der Waals surface area contributed by atoms with Crippen LogP contribution in [-0.4, -0.2) is 46.2 Å². The van der Waals surface area contributed by atoms with E-state index in [0.29, 0.717) is 17.8 Å². The molecule has 17 heavy (non-hydrogen) atoms. The van der Waals surface area contributed by atoms with Crippen molar-refractivity contribution in [3.8, 4) is 0 Å². The number of amides is 1. The number of hydrogen-bond acceptors (Lipinski definition) is 3. The van der Waals surface area contributed by atoms with E-state index in [1.165, 1.54) is 12.8 Å². The van der Waals surface area contributed by atoms with Crippen LogP contribution in [0.15, 0.2) is 6.07 Å². The van der Waals surface area contributed by atoms with Gasteiger partial charge in [0.1, 0.15) is 5.69 Å². The van der Waals surface area contributed by atoms with Crippen LogP contribution < -0.4 is 5.32 Å². The molecule has 5 nitrogen and oxygen atoms in total. The van der Waals surface area contributed by atoms with Crippen molar-refractivity contribution in [3.63, 3.8) is 0 Å². The summed E-state index contributed by atoms with van der Waals surface area (Å²) in [6.07, 6.45) is 3.51. The van der Waals surface area contributed by atoms with Gasteiger partial charge >= 0.3 is 0 Å². The predicted octanol–water partition coefficient (Wildman–Crippen LogP) is 0.685. The first-order chi connectivity index (χ1) is 8.22. The minimum atomic E-state index is 0.0590. The molecular weight excluding hydrogens is 216 g/mol. The zero-order valence-electron chi connectivity index (χ0n) is 10.1. The second-order valence-electron chi connectivity index (χ2n) is 5.11. The third-order valence-electron chi connectivity index (χ3n) is 3.74. The summed E-state index contributed by atoms with van der Waals surface area (Å²) >= 11 is 0. The Morgan fingerprint density at radius 3 is 3.00 bits per heavy atom. The van der Waals surface area contributed by atoms with E-state index < -0.39 is 0 Å². The summed E-state index contributed by atoms with van der Waals surface area (Å²) in [6.45, 7) is 3.58. The van der Waals surface area contributed by atoms with Gasteiger partial charge in [0.2, 0.25) is 0 Å². The van der Waals surface area contributed by atoms with Gasteiger partial charge in [0.25, 0.3) is 5.91 Å². The lowest BCUT2D eigenvalue weighted by molar-refractivity contribution is 0.0742. The molecule has 2 atom stereocenters. The van der Waals surface area contributed by atoms with Gasteiger partial charge in [0.15, 0.2) is 0 Å². The summed E-state index contributed by atoms with van der Waals surface area (Å²) in [6, 6.07) is 2.91. The van der Waals surface area contributed by atoms with Crippen molar-refractivity contribution in [2.75, 3.05) is 13.1 Å². The second kappa shape index (κ2) is 4.14. The molecule has 2 saturated heterocycles. The molecule has 2 bridgehead atoms. The number of aryl methyl sites for hydroxylation is 1. The Morgan fingerprint density at radius 2 is 2.24 bits per heavy atom. The molecule has 2 unspecified atom stereocenters. The van der Waals surface area contributed by atoms with Crippen LogP contribution in [0.25, 0.3) is 0 Å². The molecule has 0 radical (unpaired) electrons. The number of aromatic amines is 1. The average Bonchev–Trinajstić information content (AvgIpc) is 2.84. The molecule has 92 valence electrons. The SMILES string of the molecule is Cc1cc(C(=O)N2CCC3CCC(C2)N3)n[nH]1. The van der Waals surface area contributed by atoms with Gasteiger partial charge in [-0.1, -0.05) is 0 Å². The number of rotatable bonds is 1. The van der Waals surface area contributed by atoms with E-state index in [1.807, 2.05) is 17.9 Å².